The highest BCUT2D eigenvalue weighted by atomic mass is 16.5. The van der Waals surface area contributed by atoms with Gasteiger partial charge in [0.05, 0.1) is 17.9 Å². The van der Waals surface area contributed by atoms with Crippen molar-refractivity contribution in [1.29, 1.82) is 0 Å². The molecule has 1 aliphatic heterocycles. The average molecular weight is 495 g/mol. The van der Waals surface area contributed by atoms with Crippen LogP contribution in [-0.4, -0.2) is 32.4 Å². The lowest BCUT2D eigenvalue weighted by Gasteiger charge is -2.20. The first-order valence-electron chi connectivity index (χ1n) is 11.6. The minimum absolute atomic E-state index is 0.0150. The Morgan fingerprint density at radius 2 is 1.94 bits per heavy atom. The summed E-state index contributed by atoms with van der Waals surface area (Å²) in [6, 6.07) is 6.67. The summed E-state index contributed by atoms with van der Waals surface area (Å²) in [6.07, 6.45) is 0.507. The molecule has 0 atom stereocenters. The fourth-order valence-corrected chi connectivity index (χ4v) is 4.52. The van der Waals surface area contributed by atoms with Crippen LogP contribution in [0.3, 0.4) is 0 Å². The Labute approximate surface area is 207 Å². The van der Waals surface area contributed by atoms with Gasteiger partial charge in [0.15, 0.2) is 0 Å². The molecule has 1 aliphatic rings. The predicted molar refractivity (Wildman–Crippen MR) is 137 cm³/mol. The Hall–Kier alpha value is -4.21. The Morgan fingerprint density at radius 1 is 1.25 bits per heavy atom. The molecule has 10 nitrogen and oxygen atoms in total. The van der Waals surface area contributed by atoms with Crippen LogP contribution in [0, 0.1) is 13.8 Å². The number of amides is 1. The zero-order valence-corrected chi connectivity index (χ0v) is 21.2. The van der Waals surface area contributed by atoms with E-state index in [0.717, 1.165) is 14.7 Å². The number of carbonyl (C=O) groups is 1. The lowest BCUT2D eigenvalue weighted by atomic mass is 9.92. The Bertz CT molecular complexity index is 1520. The SMILES string of the molecule is CCOc1cccc(-n2c(N)c(NC(=O)c3c(C)c(O)c(C)c4c3OC(C)(C)C4)c(=O)n(C)c2=O)c1. The van der Waals surface area contributed by atoms with E-state index in [1.54, 1.807) is 38.1 Å². The van der Waals surface area contributed by atoms with Crippen LogP contribution in [0.1, 0.15) is 47.8 Å². The molecular formula is C26H30N4O6. The van der Waals surface area contributed by atoms with Crippen LogP contribution in [0.5, 0.6) is 17.2 Å². The van der Waals surface area contributed by atoms with Gasteiger partial charge in [0.25, 0.3) is 11.5 Å². The van der Waals surface area contributed by atoms with Gasteiger partial charge < -0.3 is 25.6 Å². The maximum absolute atomic E-state index is 13.5. The monoisotopic (exact) mass is 494 g/mol. The molecule has 0 saturated carbocycles. The second-order valence-electron chi connectivity index (χ2n) is 9.45. The number of anilines is 2. The molecule has 4 rings (SSSR count). The van der Waals surface area contributed by atoms with Crippen LogP contribution < -0.4 is 31.8 Å². The minimum atomic E-state index is -0.769. The van der Waals surface area contributed by atoms with Crippen molar-refractivity contribution in [3.05, 3.63) is 67.4 Å². The standard InChI is InChI=1S/C26H30N4O6/c1-7-35-16-10-8-9-15(11-16)30-22(27)19(24(33)29(6)25(30)34)28-23(32)18-14(3)20(31)13(2)17-12-26(4,5)36-21(17)18/h8-11,31H,7,12,27H2,1-6H3,(H,28,32). The number of hydrogen-bond acceptors (Lipinski definition) is 7. The van der Waals surface area contributed by atoms with Crippen molar-refractivity contribution in [2.75, 3.05) is 17.7 Å². The molecular weight excluding hydrogens is 464 g/mol. The number of nitrogens with two attached hydrogens (primary N) is 1. The number of fused-ring (bicyclic) bond motifs is 1. The third kappa shape index (κ3) is 3.98. The lowest BCUT2D eigenvalue weighted by molar-refractivity contribution is 0.101. The van der Waals surface area contributed by atoms with E-state index in [9.17, 15) is 19.5 Å². The van der Waals surface area contributed by atoms with Crippen molar-refractivity contribution < 1.29 is 19.4 Å². The fraction of sp³-hybridized carbons (Fsp3) is 0.346. The van der Waals surface area contributed by atoms with Gasteiger partial charge in [0.2, 0.25) is 0 Å². The van der Waals surface area contributed by atoms with Gasteiger partial charge in [-0.25, -0.2) is 9.36 Å². The van der Waals surface area contributed by atoms with E-state index in [2.05, 4.69) is 5.32 Å². The number of aromatic nitrogens is 2. The number of phenols is 1. The first kappa shape index (κ1) is 24.9. The number of carbonyl (C=O) groups excluding carboxylic acids is 1. The summed E-state index contributed by atoms with van der Waals surface area (Å²) < 4.78 is 13.6. The summed E-state index contributed by atoms with van der Waals surface area (Å²) in [6.45, 7) is 9.41. The summed E-state index contributed by atoms with van der Waals surface area (Å²) in [5, 5.41) is 13.3. The molecule has 2 aromatic carbocycles. The van der Waals surface area contributed by atoms with Gasteiger partial charge in [-0.3, -0.25) is 14.2 Å². The van der Waals surface area contributed by atoms with Crippen LogP contribution in [0.2, 0.25) is 0 Å². The van der Waals surface area contributed by atoms with E-state index in [1.807, 2.05) is 20.8 Å². The number of aromatic hydroxyl groups is 1. The van der Waals surface area contributed by atoms with Crippen LogP contribution >= 0.6 is 0 Å². The van der Waals surface area contributed by atoms with E-state index in [0.29, 0.717) is 41.3 Å². The summed E-state index contributed by atoms with van der Waals surface area (Å²) >= 11 is 0. The van der Waals surface area contributed by atoms with Crippen molar-refractivity contribution in [1.82, 2.24) is 9.13 Å². The van der Waals surface area contributed by atoms with Crippen LogP contribution in [0.4, 0.5) is 11.5 Å². The molecule has 4 N–H and O–H groups in total. The molecule has 0 radical (unpaired) electrons. The lowest BCUT2D eigenvalue weighted by Crippen LogP contribution is -2.40. The topological polar surface area (TPSA) is 138 Å². The first-order chi connectivity index (χ1) is 16.9. The number of nitrogens with zero attached hydrogens (tertiary/aromatic N) is 2. The number of nitrogen functional groups attached to an aromatic ring is 1. The molecule has 190 valence electrons. The quantitative estimate of drug-likeness (QED) is 0.496. The fourth-order valence-electron chi connectivity index (χ4n) is 4.52. The first-order valence-corrected chi connectivity index (χ1v) is 11.6. The molecule has 0 aliphatic carbocycles. The van der Waals surface area contributed by atoms with Crippen LogP contribution in [0.25, 0.3) is 5.69 Å². The molecule has 1 amide bonds. The second kappa shape index (κ2) is 8.78. The molecule has 0 bridgehead atoms. The highest BCUT2D eigenvalue weighted by Crippen LogP contribution is 2.45. The van der Waals surface area contributed by atoms with Crippen LogP contribution in [-0.2, 0) is 13.5 Å². The van der Waals surface area contributed by atoms with E-state index >= 15 is 0 Å². The highest BCUT2D eigenvalue weighted by Gasteiger charge is 2.37. The smallest absolute Gasteiger partial charge is 0.337 e. The maximum atomic E-state index is 13.5. The number of benzene rings is 2. The molecule has 1 aromatic heterocycles. The zero-order valence-electron chi connectivity index (χ0n) is 21.2. The van der Waals surface area contributed by atoms with Gasteiger partial charge in [-0.05, 0) is 52.3 Å². The van der Waals surface area contributed by atoms with Crippen molar-refractivity contribution >= 4 is 17.4 Å². The van der Waals surface area contributed by atoms with Gasteiger partial charge in [0, 0.05) is 30.7 Å². The zero-order chi connectivity index (χ0) is 26.5. The van der Waals surface area contributed by atoms with E-state index < -0.39 is 22.8 Å². The van der Waals surface area contributed by atoms with Crippen molar-refractivity contribution in [2.45, 2.75) is 46.6 Å². The summed E-state index contributed by atoms with van der Waals surface area (Å²) in [7, 11) is 1.30. The van der Waals surface area contributed by atoms with E-state index in [4.69, 9.17) is 15.2 Å². The molecule has 10 heteroatoms. The van der Waals surface area contributed by atoms with Gasteiger partial charge in [-0.2, -0.15) is 0 Å². The van der Waals surface area contributed by atoms with E-state index in [1.165, 1.54) is 7.05 Å². The van der Waals surface area contributed by atoms with Crippen molar-refractivity contribution in [3.63, 3.8) is 0 Å². The molecule has 0 saturated heterocycles. The minimum Gasteiger partial charge on any atom is -0.507 e. The molecule has 2 heterocycles. The Kier molecular flexibility index (Phi) is 6.07. The van der Waals surface area contributed by atoms with E-state index in [-0.39, 0.29) is 22.8 Å². The third-order valence-corrected chi connectivity index (χ3v) is 6.37. The number of ether oxygens (including phenoxy) is 2. The second-order valence-corrected chi connectivity index (χ2v) is 9.45. The predicted octanol–water partition coefficient (Wildman–Crippen LogP) is 2.81. The van der Waals surface area contributed by atoms with Gasteiger partial charge >= 0.3 is 5.69 Å². The Morgan fingerprint density at radius 3 is 2.61 bits per heavy atom. The van der Waals surface area contributed by atoms with Crippen LogP contribution in [0.15, 0.2) is 33.9 Å². The molecule has 0 spiro atoms. The third-order valence-electron chi connectivity index (χ3n) is 6.37. The Balaban J connectivity index is 1.86. The summed E-state index contributed by atoms with van der Waals surface area (Å²) in [5.74, 6) is -0.0650. The van der Waals surface area contributed by atoms with Gasteiger partial charge in [0.1, 0.15) is 34.4 Å². The largest absolute Gasteiger partial charge is 0.507 e. The molecule has 0 fully saturated rings. The maximum Gasteiger partial charge on any atom is 0.337 e. The molecule has 3 aromatic rings. The summed E-state index contributed by atoms with van der Waals surface area (Å²) in [5.41, 5.74) is 6.16. The molecule has 36 heavy (non-hydrogen) atoms. The normalized spacial score (nSPS) is 13.7. The van der Waals surface area contributed by atoms with Gasteiger partial charge in [-0.15, -0.1) is 0 Å². The summed E-state index contributed by atoms with van der Waals surface area (Å²) in [4.78, 5) is 39.6. The molecule has 0 unspecified atom stereocenters. The number of phenolic OH excluding ortho intramolecular Hbond substituents is 1. The number of nitrogens with one attached hydrogen (secondary N) is 1. The highest BCUT2D eigenvalue weighted by molar-refractivity contribution is 6.09. The van der Waals surface area contributed by atoms with Crippen molar-refractivity contribution in [2.24, 2.45) is 7.05 Å². The number of hydrogen-bond donors (Lipinski definition) is 3. The average Bonchev–Trinajstić information content (AvgIpc) is 3.14. The van der Waals surface area contributed by atoms with Crippen molar-refractivity contribution in [3.8, 4) is 22.9 Å². The number of rotatable bonds is 5. The van der Waals surface area contributed by atoms with Gasteiger partial charge in [-0.1, -0.05) is 6.07 Å².